The second kappa shape index (κ2) is 11.0. The molecular formula is C33H36FN3O5Si. The van der Waals surface area contributed by atoms with Gasteiger partial charge < -0.3 is 24.2 Å². The van der Waals surface area contributed by atoms with Crippen LogP contribution in [0, 0.1) is 5.92 Å². The number of rotatable bonds is 7. The third-order valence-electron chi connectivity index (χ3n) is 9.38. The van der Waals surface area contributed by atoms with Crippen molar-refractivity contribution in [1.29, 1.82) is 0 Å². The SMILES string of the molecule is C[C@@H]1[C@@H]([Si](C)(C)F)[C@H](CC(=O)N2Cc3ccccc3C[C@H]2CO)O[C@@]12C(=O)Nc1ccc(N(C=O)c3ccccc3)cc12. The molecule has 0 aliphatic carbocycles. The summed E-state index contributed by atoms with van der Waals surface area (Å²) in [5.74, 6) is -1.22. The maximum absolute atomic E-state index is 16.2. The molecule has 5 atom stereocenters. The fourth-order valence-corrected chi connectivity index (χ4v) is 9.89. The van der Waals surface area contributed by atoms with Crippen LogP contribution in [-0.4, -0.2) is 55.4 Å². The molecule has 0 aromatic heterocycles. The van der Waals surface area contributed by atoms with E-state index in [0.29, 0.717) is 42.0 Å². The summed E-state index contributed by atoms with van der Waals surface area (Å²) in [6, 6.07) is 21.8. The lowest BCUT2D eigenvalue weighted by Crippen LogP contribution is -2.48. The van der Waals surface area contributed by atoms with E-state index in [2.05, 4.69) is 5.32 Å². The molecule has 6 rings (SSSR count). The van der Waals surface area contributed by atoms with Crippen molar-refractivity contribution in [3.63, 3.8) is 0 Å². The molecule has 3 heterocycles. The van der Waals surface area contributed by atoms with Crippen molar-refractivity contribution in [1.82, 2.24) is 4.90 Å². The summed E-state index contributed by atoms with van der Waals surface area (Å²) in [5.41, 5.74) is 2.21. The molecule has 0 saturated carbocycles. The van der Waals surface area contributed by atoms with Gasteiger partial charge in [0.15, 0.2) is 5.60 Å². The number of para-hydroxylation sites is 1. The molecule has 1 saturated heterocycles. The van der Waals surface area contributed by atoms with Crippen LogP contribution < -0.4 is 10.2 Å². The number of halogens is 1. The maximum atomic E-state index is 16.2. The summed E-state index contributed by atoms with van der Waals surface area (Å²) < 4.78 is 22.8. The van der Waals surface area contributed by atoms with Crippen molar-refractivity contribution < 1.29 is 28.3 Å². The number of fused-ring (bicyclic) bond motifs is 3. The van der Waals surface area contributed by atoms with E-state index in [1.165, 1.54) is 4.90 Å². The fourth-order valence-electron chi connectivity index (χ4n) is 7.40. The molecule has 0 bridgehead atoms. The smallest absolute Gasteiger partial charge is 0.261 e. The lowest BCUT2D eigenvalue weighted by Gasteiger charge is -2.37. The average Bonchev–Trinajstić information content (AvgIpc) is 3.45. The molecule has 0 radical (unpaired) electrons. The second-order valence-electron chi connectivity index (χ2n) is 12.3. The molecule has 8 nitrogen and oxygen atoms in total. The zero-order chi connectivity index (χ0) is 30.5. The number of benzene rings is 3. The van der Waals surface area contributed by atoms with Gasteiger partial charge in [0.2, 0.25) is 20.7 Å². The molecule has 1 fully saturated rings. The Labute approximate surface area is 251 Å². The van der Waals surface area contributed by atoms with Gasteiger partial charge in [-0.2, -0.15) is 0 Å². The van der Waals surface area contributed by atoms with E-state index >= 15 is 4.11 Å². The van der Waals surface area contributed by atoms with Gasteiger partial charge in [0.05, 0.1) is 25.2 Å². The Kier molecular flexibility index (Phi) is 7.48. The molecule has 3 amide bonds. The molecule has 224 valence electrons. The van der Waals surface area contributed by atoms with Crippen molar-refractivity contribution in [3.05, 3.63) is 89.5 Å². The highest BCUT2D eigenvalue weighted by molar-refractivity contribution is 6.72. The lowest BCUT2D eigenvalue weighted by atomic mass is 9.82. The molecule has 43 heavy (non-hydrogen) atoms. The molecule has 0 unspecified atom stereocenters. The number of anilines is 3. The van der Waals surface area contributed by atoms with Crippen LogP contribution in [0.15, 0.2) is 72.8 Å². The van der Waals surface area contributed by atoms with Crippen molar-refractivity contribution in [2.45, 2.75) is 62.7 Å². The van der Waals surface area contributed by atoms with Crippen molar-refractivity contribution >= 4 is 43.7 Å². The van der Waals surface area contributed by atoms with Crippen LogP contribution in [0.2, 0.25) is 18.6 Å². The standard InChI is InChI=1S/C33H36FN3O5Si/c1-21-31(43(2,3)34)29(17-30(40)36-18-23-10-8-7-9-22(23)15-26(36)19-38)42-33(21)27-16-25(13-14-28(27)35-32(33)41)37(20-39)24-11-5-4-6-12-24/h4-14,16,20-21,26,29,31,38H,15,17-19H2,1-3H3,(H,35,41)/t21-,26+,29+,31-,33+/m1/s1. The summed E-state index contributed by atoms with van der Waals surface area (Å²) in [5, 5.41) is 13.1. The Hall–Kier alpha value is -3.86. The number of carbonyl (C=O) groups excluding carboxylic acids is 3. The van der Waals surface area contributed by atoms with Crippen LogP contribution >= 0.6 is 0 Å². The monoisotopic (exact) mass is 601 g/mol. The van der Waals surface area contributed by atoms with Crippen LogP contribution in [-0.2, 0) is 37.7 Å². The van der Waals surface area contributed by atoms with Crippen LogP contribution in [0.3, 0.4) is 0 Å². The third-order valence-corrected chi connectivity index (χ3v) is 11.8. The van der Waals surface area contributed by atoms with Gasteiger partial charge in [-0.25, -0.2) is 0 Å². The first-order chi connectivity index (χ1) is 20.6. The Bertz CT molecular complexity index is 1560. The highest BCUT2D eigenvalue weighted by Crippen LogP contribution is 2.59. The van der Waals surface area contributed by atoms with E-state index in [1.54, 1.807) is 36.2 Å². The van der Waals surface area contributed by atoms with E-state index < -0.39 is 43.5 Å². The Morgan fingerprint density at radius 2 is 1.81 bits per heavy atom. The van der Waals surface area contributed by atoms with Gasteiger partial charge in [-0.3, -0.25) is 19.3 Å². The number of aliphatic hydroxyl groups excluding tert-OH is 1. The van der Waals surface area contributed by atoms with Crippen molar-refractivity contribution in [2.24, 2.45) is 5.92 Å². The zero-order valence-corrected chi connectivity index (χ0v) is 25.5. The third kappa shape index (κ3) is 4.87. The molecule has 2 N–H and O–H groups in total. The molecule has 3 aliphatic heterocycles. The molecule has 3 aliphatic rings. The predicted octanol–water partition coefficient (Wildman–Crippen LogP) is 5.04. The number of carbonyl (C=O) groups is 3. The number of amides is 3. The highest BCUT2D eigenvalue weighted by atomic mass is 28.4. The second-order valence-corrected chi connectivity index (χ2v) is 16.1. The average molecular weight is 602 g/mol. The number of ether oxygens (including phenoxy) is 1. The van der Waals surface area contributed by atoms with Crippen LogP contribution in [0.5, 0.6) is 0 Å². The highest BCUT2D eigenvalue weighted by Gasteiger charge is 2.65. The van der Waals surface area contributed by atoms with E-state index in [1.807, 2.05) is 61.5 Å². The van der Waals surface area contributed by atoms with E-state index in [-0.39, 0.29) is 18.9 Å². The van der Waals surface area contributed by atoms with Crippen LogP contribution in [0.4, 0.5) is 21.2 Å². The molecule has 3 aromatic rings. The zero-order valence-electron chi connectivity index (χ0n) is 24.5. The van der Waals surface area contributed by atoms with Gasteiger partial charge in [-0.05, 0) is 61.0 Å². The van der Waals surface area contributed by atoms with E-state index in [0.717, 1.165) is 11.1 Å². The number of nitrogens with zero attached hydrogens (tertiary/aromatic N) is 2. The van der Waals surface area contributed by atoms with Gasteiger partial charge in [-0.15, -0.1) is 0 Å². The Morgan fingerprint density at radius 3 is 2.49 bits per heavy atom. The van der Waals surface area contributed by atoms with Gasteiger partial charge >= 0.3 is 0 Å². The molecule has 10 heteroatoms. The number of hydrogen-bond acceptors (Lipinski definition) is 5. The van der Waals surface area contributed by atoms with Crippen molar-refractivity contribution in [3.8, 4) is 0 Å². The topological polar surface area (TPSA) is 99.2 Å². The maximum Gasteiger partial charge on any atom is 0.261 e. The predicted molar refractivity (Wildman–Crippen MR) is 164 cm³/mol. The van der Waals surface area contributed by atoms with Gasteiger partial charge in [-0.1, -0.05) is 49.4 Å². The van der Waals surface area contributed by atoms with Gasteiger partial charge in [0.25, 0.3) is 5.91 Å². The largest absolute Gasteiger partial charge is 0.394 e. The summed E-state index contributed by atoms with van der Waals surface area (Å²) >= 11 is 0. The quantitative estimate of drug-likeness (QED) is 0.225. The lowest BCUT2D eigenvalue weighted by molar-refractivity contribution is -0.149. The summed E-state index contributed by atoms with van der Waals surface area (Å²) in [7, 11) is -3.48. The van der Waals surface area contributed by atoms with Gasteiger partial charge in [0, 0.05) is 40.6 Å². The van der Waals surface area contributed by atoms with Gasteiger partial charge in [0.1, 0.15) is 0 Å². The minimum Gasteiger partial charge on any atom is -0.394 e. The van der Waals surface area contributed by atoms with Crippen LogP contribution in [0.25, 0.3) is 0 Å². The Morgan fingerprint density at radius 1 is 1.12 bits per heavy atom. The molecule has 3 aromatic carbocycles. The molecular weight excluding hydrogens is 565 g/mol. The Balaban J connectivity index is 1.35. The van der Waals surface area contributed by atoms with E-state index in [9.17, 15) is 19.5 Å². The number of aliphatic hydroxyl groups is 1. The summed E-state index contributed by atoms with van der Waals surface area (Å²) in [4.78, 5) is 43.0. The summed E-state index contributed by atoms with van der Waals surface area (Å²) in [6.45, 7) is 5.17. The molecule has 1 spiro atoms. The number of nitrogens with one attached hydrogen (secondary N) is 1. The first kappa shape index (κ1) is 29.2. The first-order valence-corrected chi connectivity index (χ1v) is 17.6. The normalized spacial score (nSPS) is 26.2. The minimum absolute atomic E-state index is 0.109. The summed E-state index contributed by atoms with van der Waals surface area (Å²) in [6.07, 6.45) is 0.290. The fraction of sp³-hybridized carbons (Fsp3) is 0.364. The first-order valence-electron chi connectivity index (χ1n) is 14.7. The van der Waals surface area contributed by atoms with Crippen LogP contribution in [0.1, 0.15) is 30.0 Å². The minimum atomic E-state index is -3.48. The number of hydrogen-bond donors (Lipinski definition) is 2. The van der Waals surface area contributed by atoms with E-state index in [4.69, 9.17) is 4.74 Å². The van der Waals surface area contributed by atoms with Crippen molar-refractivity contribution in [2.75, 3.05) is 16.8 Å².